The van der Waals surface area contributed by atoms with Crippen molar-refractivity contribution in [2.24, 2.45) is 0 Å². The maximum Gasteiger partial charge on any atom is 0.295 e. The summed E-state index contributed by atoms with van der Waals surface area (Å²) < 4.78 is 5.54. The van der Waals surface area contributed by atoms with Gasteiger partial charge in [-0.2, -0.15) is 0 Å². The van der Waals surface area contributed by atoms with Crippen molar-refractivity contribution in [1.82, 2.24) is 4.90 Å². The highest BCUT2D eigenvalue weighted by atomic mass is 16.5. The standard InChI is InChI=1S/C26H32N2O4/c1-5-7-8-16-28-23(18-12-14-20(15-13-18)27(3)4)22(25(30)26(28)31)24(29)19-10-9-11-21(17-19)32-6-2/h9-15,17,23,29H,5-8,16H2,1-4H3/b24-22-. The average Bonchev–Trinajstić information content (AvgIpc) is 3.04. The molecule has 1 heterocycles. The second kappa shape index (κ2) is 10.4. The second-order valence-electron chi connectivity index (χ2n) is 8.15. The number of benzene rings is 2. The highest BCUT2D eigenvalue weighted by Gasteiger charge is 2.45. The van der Waals surface area contributed by atoms with Crippen LogP contribution in [-0.4, -0.2) is 48.9 Å². The minimum Gasteiger partial charge on any atom is -0.507 e. The number of ketones is 1. The van der Waals surface area contributed by atoms with Crippen LogP contribution in [0.5, 0.6) is 5.75 Å². The van der Waals surface area contributed by atoms with Crippen molar-refractivity contribution in [2.75, 3.05) is 32.1 Å². The van der Waals surface area contributed by atoms with E-state index in [-0.39, 0.29) is 11.3 Å². The Labute approximate surface area is 190 Å². The summed E-state index contributed by atoms with van der Waals surface area (Å²) in [5.41, 5.74) is 2.39. The quantitative estimate of drug-likeness (QED) is 0.266. The van der Waals surface area contributed by atoms with Crippen molar-refractivity contribution in [2.45, 2.75) is 39.2 Å². The summed E-state index contributed by atoms with van der Waals surface area (Å²) in [6.45, 7) is 4.93. The highest BCUT2D eigenvalue weighted by Crippen LogP contribution is 2.40. The van der Waals surface area contributed by atoms with Gasteiger partial charge in [0.15, 0.2) is 0 Å². The Kier molecular flexibility index (Phi) is 7.57. The van der Waals surface area contributed by atoms with Gasteiger partial charge in [-0.1, -0.05) is 44.0 Å². The molecule has 0 radical (unpaired) electrons. The molecule has 170 valence electrons. The lowest BCUT2D eigenvalue weighted by Gasteiger charge is -2.26. The zero-order chi connectivity index (χ0) is 23.3. The van der Waals surface area contributed by atoms with Crippen LogP contribution in [0.1, 0.15) is 50.3 Å². The van der Waals surface area contributed by atoms with Crippen LogP contribution in [0.3, 0.4) is 0 Å². The fourth-order valence-corrected chi connectivity index (χ4v) is 4.00. The summed E-state index contributed by atoms with van der Waals surface area (Å²) in [6.07, 6.45) is 2.78. The lowest BCUT2D eigenvalue weighted by Crippen LogP contribution is -2.30. The summed E-state index contributed by atoms with van der Waals surface area (Å²) in [5, 5.41) is 11.2. The predicted octanol–water partition coefficient (Wildman–Crippen LogP) is 4.76. The zero-order valence-corrected chi connectivity index (χ0v) is 19.3. The van der Waals surface area contributed by atoms with Crippen molar-refractivity contribution >= 4 is 23.1 Å². The van der Waals surface area contributed by atoms with Crippen LogP contribution in [0.25, 0.3) is 5.76 Å². The number of anilines is 1. The smallest absolute Gasteiger partial charge is 0.295 e. The molecule has 2 aromatic carbocycles. The number of hydrogen-bond donors (Lipinski definition) is 1. The van der Waals surface area contributed by atoms with E-state index < -0.39 is 17.7 Å². The number of likely N-dealkylation sites (tertiary alicyclic amines) is 1. The van der Waals surface area contributed by atoms with Crippen molar-refractivity contribution in [3.05, 3.63) is 65.2 Å². The van der Waals surface area contributed by atoms with Gasteiger partial charge in [0.2, 0.25) is 0 Å². The molecule has 2 aromatic rings. The van der Waals surface area contributed by atoms with Crippen LogP contribution in [0, 0.1) is 0 Å². The van der Waals surface area contributed by atoms with E-state index >= 15 is 0 Å². The summed E-state index contributed by atoms with van der Waals surface area (Å²) in [4.78, 5) is 29.6. The van der Waals surface area contributed by atoms with Gasteiger partial charge in [0.25, 0.3) is 11.7 Å². The van der Waals surface area contributed by atoms with Crippen LogP contribution in [-0.2, 0) is 9.59 Å². The molecule has 1 atom stereocenters. The number of carbonyl (C=O) groups excluding carboxylic acids is 2. The van der Waals surface area contributed by atoms with Crippen LogP contribution in [0.2, 0.25) is 0 Å². The molecule has 32 heavy (non-hydrogen) atoms. The summed E-state index contributed by atoms with van der Waals surface area (Å²) in [7, 11) is 3.91. The minimum atomic E-state index is -0.650. The van der Waals surface area contributed by atoms with Gasteiger partial charge in [-0.25, -0.2) is 0 Å². The lowest BCUT2D eigenvalue weighted by atomic mass is 9.95. The molecular formula is C26H32N2O4. The van der Waals surface area contributed by atoms with E-state index in [1.807, 2.05) is 50.2 Å². The summed E-state index contributed by atoms with van der Waals surface area (Å²) in [5.74, 6) is -0.794. The van der Waals surface area contributed by atoms with Crippen molar-refractivity contribution < 1.29 is 19.4 Å². The number of aliphatic hydroxyl groups is 1. The van der Waals surface area contributed by atoms with Gasteiger partial charge in [-0.3, -0.25) is 9.59 Å². The maximum atomic E-state index is 13.1. The topological polar surface area (TPSA) is 70.1 Å². The lowest BCUT2D eigenvalue weighted by molar-refractivity contribution is -0.139. The third-order valence-electron chi connectivity index (χ3n) is 5.69. The van der Waals surface area contributed by atoms with Crippen LogP contribution >= 0.6 is 0 Å². The van der Waals surface area contributed by atoms with Crippen LogP contribution < -0.4 is 9.64 Å². The third kappa shape index (κ3) is 4.79. The van der Waals surface area contributed by atoms with Gasteiger partial charge in [0.05, 0.1) is 18.2 Å². The molecule has 0 aromatic heterocycles. The van der Waals surface area contributed by atoms with Crippen molar-refractivity contribution in [1.29, 1.82) is 0 Å². The van der Waals surface area contributed by atoms with Gasteiger partial charge < -0.3 is 19.6 Å². The Morgan fingerprint density at radius 2 is 1.78 bits per heavy atom. The number of carbonyl (C=O) groups is 2. The molecule has 0 aliphatic carbocycles. The third-order valence-corrected chi connectivity index (χ3v) is 5.69. The Bertz CT molecular complexity index is 995. The van der Waals surface area contributed by atoms with Gasteiger partial charge >= 0.3 is 0 Å². The molecule has 1 saturated heterocycles. The Hall–Kier alpha value is -3.28. The number of hydrogen-bond acceptors (Lipinski definition) is 5. The average molecular weight is 437 g/mol. The number of ether oxygens (including phenoxy) is 1. The molecule has 0 saturated carbocycles. The fraction of sp³-hybridized carbons (Fsp3) is 0.385. The Morgan fingerprint density at radius 1 is 1.06 bits per heavy atom. The second-order valence-corrected chi connectivity index (χ2v) is 8.15. The van der Waals surface area contributed by atoms with Crippen molar-refractivity contribution in [3.63, 3.8) is 0 Å². The number of aliphatic hydroxyl groups excluding tert-OH is 1. The Balaban J connectivity index is 2.10. The molecular weight excluding hydrogens is 404 g/mol. The molecule has 1 unspecified atom stereocenters. The summed E-state index contributed by atoms with van der Waals surface area (Å²) in [6, 6.07) is 14.1. The minimum absolute atomic E-state index is 0.123. The first-order valence-corrected chi connectivity index (χ1v) is 11.2. The van der Waals surface area contributed by atoms with E-state index in [4.69, 9.17) is 4.74 Å². The SMILES string of the molecule is CCCCCN1C(=O)C(=O)/C(=C(\O)c2cccc(OCC)c2)C1c1ccc(N(C)C)cc1. The highest BCUT2D eigenvalue weighted by molar-refractivity contribution is 6.46. The van der Waals surface area contributed by atoms with E-state index in [1.165, 1.54) is 0 Å². The van der Waals surface area contributed by atoms with E-state index in [0.29, 0.717) is 24.5 Å². The summed E-state index contributed by atoms with van der Waals surface area (Å²) >= 11 is 0. The van der Waals surface area contributed by atoms with Gasteiger partial charge in [0.1, 0.15) is 11.5 Å². The van der Waals surface area contributed by atoms with E-state index in [1.54, 1.807) is 29.2 Å². The molecule has 1 fully saturated rings. The predicted molar refractivity (Wildman–Crippen MR) is 127 cm³/mol. The van der Waals surface area contributed by atoms with Crippen LogP contribution in [0.4, 0.5) is 5.69 Å². The molecule has 1 aliphatic rings. The first-order chi connectivity index (χ1) is 15.4. The van der Waals surface area contributed by atoms with E-state index in [9.17, 15) is 14.7 Å². The van der Waals surface area contributed by atoms with Gasteiger partial charge in [-0.15, -0.1) is 0 Å². The number of rotatable bonds is 9. The van der Waals surface area contributed by atoms with Crippen LogP contribution in [0.15, 0.2) is 54.1 Å². The number of nitrogens with zero attached hydrogens (tertiary/aromatic N) is 2. The first-order valence-electron chi connectivity index (χ1n) is 11.2. The number of unbranched alkanes of at least 4 members (excludes halogenated alkanes) is 2. The van der Waals surface area contributed by atoms with E-state index in [0.717, 1.165) is 30.5 Å². The molecule has 6 nitrogen and oxygen atoms in total. The first kappa shape index (κ1) is 23.4. The number of amides is 1. The zero-order valence-electron chi connectivity index (χ0n) is 19.3. The van der Waals surface area contributed by atoms with E-state index in [2.05, 4.69) is 6.92 Å². The molecule has 6 heteroatoms. The molecule has 0 bridgehead atoms. The fourth-order valence-electron chi connectivity index (χ4n) is 4.00. The molecule has 3 rings (SSSR count). The molecule has 1 amide bonds. The molecule has 0 spiro atoms. The Morgan fingerprint density at radius 3 is 2.41 bits per heavy atom. The van der Waals surface area contributed by atoms with Gasteiger partial charge in [0, 0.05) is 31.9 Å². The number of Topliss-reactive ketones (excluding diaryl/α,β-unsaturated/α-hetero) is 1. The normalized spacial score (nSPS) is 17.6. The maximum absolute atomic E-state index is 13.1. The van der Waals surface area contributed by atoms with Crippen molar-refractivity contribution in [3.8, 4) is 5.75 Å². The molecule has 1 N–H and O–H groups in total. The van der Waals surface area contributed by atoms with Gasteiger partial charge in [-0.05, 0) is 43.2 Å². The monoisotopic (exact) mass is 436 g/mol. The molecule has 1 aliphatic heterocycles. The largest absolute Gasteiger partial charge is 0.507 e.